The maximum Gasteiger partial charge on any atom is 0.122 e. The van der Waals surface area contributed by atoms with E-state index in [1.165, 1.54) is 14.7 Å². The molecule has 0 saturated heterocycles. The Morgan fingerprint density at radius 1 is 1.15 bits per heavy atom. The van der Waals surface area contributed by atoms with Crippen LogP contribution in [0.5, 0.6) is 5.75 Å². The van der Waals surface area contributed by atoms with Crippen molar-refractivity contribution in [2.75, 3.05) is 0 Å². The second-order valence-corrected chi connectivity index (χ2v) is 4.62. The third-order valence-corrected chi connectivity index (χ3v) is 3.20. The van der Waals surface area contributed by atoms with Crippen LogP contribution in [0.15, 0.2) is 12.1 Å². The minimum Gasteiger partial charge on any atom is -0.491 e. The van der Waals surface area contributed by atoms with E-state index < -0.39 is 0 Å². The Hall–Kier alpha value is -0.250. The van der Waals surface area contributed by atoms with Gasteiger partial charge in [0.15, 0.2) is 0 Å². The van der Waals surface area contributed by atoms with Crippen LogP contribution in [-0.4, -0.2) is 6.10 Å². The highest BCUT2D eigenvalue weighted by Crippen LogP contribution is 2.25. The van der Waals surface area contributed by atoms with Gasteiger partial charge in [-0.3, -0.25) is 0 Å². The molecule has 1 nitrogen and oxygen atoms in total. The summed E-state index contributed by atoms with van der Waals surface area (Å²) in [6.45, 7) is 8.33. The third-order valence-electron chi connectivity index (χ3n) is 2.03. The van der Waals surface area contributed by atoms with Gasteiger partial charge in [0.25, 0.3) is 0 Å². The summed E-state index contributed by atoms with van der Waals surface area (Å²) in [4.78, 5) is 0. The van der Waals surface area contributed by atoms with Gasteiger partial charge in [0.2, 0.25) is 0 Å². The first kappa shape index (κ1) is 10.8. The molecule has 72 valence electrons. The number of hydrogen-bond acceptors (Lipinski definition) is 1. The topological polar surface area (TPSA) is 9.23 Å². The van der Waals surface area contributed by atoms with E-state index in [0.717, 1.165) is 5.75 Å². The quantitative estimate of drug-likeness (QED) is 0.755. The minimum atomic E-state index is 0.248. The Bertz CT molecular complexity index is 305. The first-order valence-corrected chi connectivity index (χ1v) is 5.52. The highest BCUT2D eigenvalue weighted by Gasteiger charge is 2.06. The molecular formula is C11H15IO. The molecule has 0 aliphatic rings. The zero-order valence-corrected chi connectivity index (χ0v) is 10.7. The molecule has 0 aliphatic carbocycles. The second kappa shape index (κ2) is 4.31. The van der Waals surface area contributed by atoms with E-state index in [-0.39, 0.29) is 6.10 Å². The molecule has 0 radical (unpaired) electrons. The van der Waals surface area contributed by atoms with Crippen LogP contribution in [-0.2, 0) is 0 Å². The Labute approximate surface area is 93.6 Å². The van der Waals surface area contributed by atoms with Gasteiger partial charge >= 0.3 is 0 Å². The van der Waals surface area contributed by atoms with Crippen LogP contribution in [0.3, 0.4) is 0 Å². The normalized spacial score (nSPS) is 10.6. The summed E-state index contributed by atoms with van der Waals surface area (Å²) in [5.41, 5.74) is 2.57. The van der Waals surface area contributed by atoms with Crippen LogP contribution in [0, 0.1) is 17.4 Å². The summed E-state index contributed by atoms with van der Waals surface area (Å²) < 4.78 is 6.97. The average Bonchev–Trinajstić information content (AvgIpc) is 2.06. The molecule has 0 N–H and O–H groups in total. The summed E-state index contributed by atoms with van der Waals surface area (Å²) in [6.07, 6.45) is 0.248. The zero-order valence-electron chi connectivity index (χ0n) is 8.52. The second-order valence-electron chi connectivity index (χ2n) is 3.46. The molecule has 0 saturated carbocycles. The number of rotatable bonds is 2. The molecule has 13 heavy (non-hydrogen) atoms. The molecule has 0 atom stereocenters. The van der Waals surface area contributed by atoms with E-state index in [9.17, 15) is 0 Å². The van der Waals surface area contributed by atoms with Gasteiger partial charge in [-0.15, -0.1) is 0 Å². The highest BCUT2D eigenvalue weighted by molar-refractivity contribution is 14.1. The number of benzene rings is 1. The van der Waals surface area contributed by atoms with E-state index in [2.05, 4.69) is 42.5 Å². The van der Waals surface area contributed by atoms with Crippen LogP contribution in [0.1, 0.15) is 25.0 Å². The summed E-state index contributed by atoms with van der Waals surface area (Å²) in [7, 11) is 0. The number of halogens is 1. The predicted molar refractivity (Wildman–Crippen MR) is 64.4 cm³/mol. The van der Waals surface area contributed by atoms with E-state index >= 15 is 0 Å². The van der Waals surface area contributed by atoms with Gasteiger partial charge in [0, 0.05) is 3.57 Å². The molecular weight excluding hydrogens is 275 g/mol. The molecule has 0 unspecified atom stereocenters. The van der Waals surface area contributed by atoms with Crippen molar-refractivity contribution in [2.24, 2.45) is 0 Å². The Kier molecular flexibility index (Phi) is 3.59. The molecule has 1 aromatic rings. The smallest absolute Gasteiger partial charge is 0.122 e. The van der Waals surface area contributed by atoms with Gasteiger partial charge in [-0.25, -0.2) is 0 Å². The molecule has 1 rings (SSSR count). The summed E-state index contributed by atoms with van der Waals surface area (Å²) in [5, 5.41) is 0. The SMILES string of the molecule is Cc1c(I)ccc(OC(C)C)c1C. The predicted octanol–water partition coefficient (Wildman–Crippen LogP) is 3.70. The molecule has 0 heterocycles. The summed E-state index contributed by atoms with van der Waals surface area (Å²) in [6, 6.07) is 4.14. The Balaban J connectivity index is 3.04. The van der Waals surface area contributed by atoms with E-state index in [1.54, 1.807) is 0 Å². The molecule has 0 fully saturated rings. The van der Waals surface area contributed by atoms with Gasteiger partial charge in [0.1, 0.15) is 5.75 Å². The van der Waals surface area contributed by atoms with E-state index in [1.807, 2.05) is 19.9 Å². The number of hydrogen-bond donors (Lipinski definition) is 0. The summed E-state index contributed by atoms with van der Waals surface area (Å²) >= 11 is 2.34. The lowest BCUT2D eigenvalue weighted by Gasteiger charge is -2.14. The van der Waals surface area contributed by atoms with Crippen molar-refractivity contribution in [3.63, 3.8) is 0 Å². The van der Waals surface area contributed by atoms with Crippen molar-refractivity contribution >= 4 is 22.6 Å². The number of ether oxygens (including phenoxy) is 1. The van der Waals surface area contributed by atoms with Crippen molar-refractivity contribution in [3.8, 4) is 5.75 Å². The molecule has 0 aromatic heterocycles. The van der Waals surface area contributed by atoms with Crippen molar-refractivity contribution in [2.45, 2.75) is 33.8 Å². The van der Waals surface area contributed by atoms with Crippen LogP contribution in [0.2, 0.25) is 0 Å². The summed E-state index contributed by atoms with van der Waals surface area (Å²) in [5.74, 6) is 1.01. The zero-order chi connectivity index (χ0) is 10.0. The molecule has 0 aliphatic heterocycles. The first-order chi connectivity index (χ1) is 6.02. The van der Waals surface area contributed by atoms with Crippen LogP contribution >= 0.6 is 22.6 Å². The van der Waals surface area contributed by atoms with Crippen molar-refractivity contribution in [3.05, 3.63) is 26.8 Å². The first-order valence-electron chi connectivity index (χ1n) is 4.44. The van der Waals surface area contributed by atoms with Gasteiger partial charge in [-0.1, -0.05) is 0 Å². The fourth-order valence-electron chi connectivity index (χ4n) is 1.14. The monoisotopic (exact) mass is 290 g/mol. The molecule has 0 amide bonds. The van der Waals surface area contributed by atoms with Crippen LogP contribution in [0.25, 0.3) is 0 Å². The standard InChI is InChI=1S/C11H15IO/c1-7(2)13-11-6-5-10(12)8(3)9(11)4/h5-7H,1-4H3. The van der Waals surface area contributed by atoms with Crippen molar-refractivity contribution in [1.29, 1.82) is 0 Å². The Morgan fingerprint density at radius 2 is 1.77 bits per heavy atom. The molecule has 1 aromatic carbocycles. The largest absolute Gasteiger partial charge is 0.491 e. The van der Waals surface area contributed by atoms with Gasteiger partial charge in [-0.2, -0.15) is 0 Å². The van der Waals surface area contributed by atoms with Crippen molar-refractivity contribution < 1.29 is 4.74 Å². The minimum absolute atomic E-state index is 0.248. The maximum absolute atomic E-state index is 5.68. The lowest BCUT2D eigenvalue weighted by molar-refractivity contribution is 0.240. The highest BCUT2D eigenvalue weighted by atomic mass is 127. The fraction of sp³-hybridized carbons (Fsp3) is 0.455. The third kappa shape index (κ3) is 2.59. The van der Waals surface area contributed by atoms with Gasteiger partial charge in [-0.05, 0) is 73.5 Å². The van der Waals surface area contributed by atoms with Crippen molar-refractivity contribution in [1.82, 2.24) is 0 Å². The average molecular weight is 290 g/mol. The fourth-order valence-corrected chi connectivity index (χ4v) is 1.73. The van der Waals surface area contributed by atoms with E-state index in [0.29, 0.717) is 0 Å². The molecule has 2 heteroatoms. The van der Waals surface area contributed by atoms with E-state index in [4.69, 9.17) is 4.74 Å². The lowest BCUT2D eigenvalue weighted by atomic mass is 10.1. The van der Waals surface area contributed by atoms with Crippen LogP contribution in [0.4, 0.5) is 0 Å². The lowest BCUT2D eigenvalue weighted by Crippen LogP contribution is -2.07. The molecule has 0 spiro atoms. The Morgan fingerprint density at radius 3 is 2.31 bits per heavy atom. The molecule has 0 bridgehead atoms. The maximum atomic E-state index is 5.68. The van der Waals surface area contributed by atoms with Gasteiger partial charge in [0.05, 0.1) is 6.10 Å². The van der Waals surface area contributed by atoms with Crippen LogP contribution < -0.4 is 4.74 Å². The van der Waals surface area contributed by atoms with Gasteiger partial charge < -0.3 is 4.74 Å².